The minimum Gasteiger partial charge on any atom is -0.395 e. The lowest BCUT2D eigenvalue weighted by Crippen LogP contribution is -2.36. The van der Waals surface area contributed by atoms with Gasteiger partial charge in [0, 0.05) is 30.6 Å². The molecule has 0 heterocycles. The zero-order chi connectivity index (χ0) is 15.8. The van der Waals surface area contributed by atoms with Gasteiger partial charge in [-0.2, -0.15) is 0 Å². The van der Waals surface area contributed by atoms with E-state index in [1.54, 1.807) is 0 Å². The van der Waals surface area contributed by atoms with Crippen LogP contribution in [0.4, 0.5) is 0 Å². The third-order valence-corrected chi connectivity index (χ3v) is 3.75. The van der Waals surface area contributed by atoms with E-state index in [0.717, 1.165) is 24.0 Å². The largest absolute Gasteiger partial charge is 0.395 e. The molecular weight excluding hydrogens is 262 g/mol. The summed E-state index contributed by atoms with van der Waals surface area (Å²) >= 11 is 0. The van der Waals surface area contributed by atoms with Crippen molar-refractivity contribution in [2.75, 3.05) is 13.7 Å². The molecule has 1 N–H and O–H groups in total. The Balaban J connectivity index is 3.01. The Morgan fingerprint density at radius 2 is 2.00 bits per heavy atom. The lowest BCUT2D eigenvalue weighted by atomic mass is 10.0. The van der Waals surface area contributed by atoms with Crippen LogP contribution in [0.2, 0.25) is 0 Å². The van der Waals surface area contributed by atoms with Crippen LogP contribution in [0.5, 0.6) is 0 Å². The average Bonchev–Trinajstić information content (AvgIpc) is 2.49. The summed E-state index contributed by atoms with van der Waals surface area (Å²) in [6.07, 6.45) is 2.35. The van der Waals surface area contributed by atoms with Crippen molar-refractivity contribution < 1.29 is 9.90 Å². The highest BCUT2D eigenvalue weighted by Crippen LogP contribution is 2.15. The van der Waals surface area contributed by atoms with Gasteiger partial charge in [0.2, 0.25) is 0 Å². The van der Waals surface area contributed by atoms with Gasteiger partial charge in [-0.3, -0.25) is 4.79 Å². The molecule has 3 nitrogen and oxygen atoms in total. The molecule has 0 aliphatic carbocycles. The van der Waals surface area contributed by atoms with E-state index >= 15 is 0 Å². The molecule has 0 radical (unpaired) electrons. The number of hydrogen-bond acceptors (Lipinski definition) is 2. The Kier molecular flexibility index (Phi) is 6.98. The molecule has 21 heavy (non-hydrogen) atoms. The van der Waals surface area contributed by atoms with E-state index in [9.17, 15) is 4.79 Å². The second kappa shape index (κ2) is 8.49. The van der Waals surface area contributed by atoms with Crippen molar-refractivity contribution >= 4 is 5.91 Å². The van der Waals surface area contributed by atoms with E-state index < -0.39 is 0 Å². The average molecular weight is 287 g/mol. The molecule has 0 bridgehead atoms. The number of hydrogen-bond donors (Lipinski definition) is 1. The number of carbonyl (C=O) groups excluding carboxylic acids is 1. The van der Waals surface area contributed by atoms with Gasteiger partial charge in [-0.05, 0) is 37.5 Å². The van der Waals surface area contributed by atoms with Crippen LogP contribution in [0, 0.1) is 18.8 Å². The first kappa shape index (κ1) is 17.3. The Hall–Kier alpha value is -1.79. The molecule has 0 atom stereocenters. The summed E-state index contributed by atoms with van der Waals surface area (Å²) in [4.78, 5) is 14.4. The molecule has 1 aromatic carbocycles. The Bertz CT molecular complexity index is 536. The highest BCUT2D eigenvalue weighted by Gasteiger charge is 2.18. The lowest BCUT2D eigenvalue weighted by molar-refractivity contribution is 0.0723. The zero-order valence-corrected chi connectivity index (χ0v) is 13.4. The quantitative estimate of drug-likeness (QED) is 0.846. The summed E-state index contributed by atoms with van der Waals surface area (Å²) in [6, 6.07) is 5.90. The molecule has 1 rings (SSSR count). The van der Waals surface area contributed by atoms with Gasteiger partial charge >= 0.3 is 0 Å². The Morgan fingerprint density at radius 1 is 1.33 bits per heavy atom. The molecular formula is C18H25NO2. The van der Waals surface area contributed by atoms with Crippen molar-refractivity contribution in [1.82, 2.24) is 4.90 Å². The van der Waals surface area contributed by atoms with Gasteiger partial charge < -0.3 is 10.0 Å². The van der Waals surface area contributed by atoms with Crippen LogP contribution in [0.25, 0.3) is 0 Å². The SMILES string of the molecule is CCC(CC)N(C)C(=O)c1ccc(C)c(C#CCCO)c1. The topological polar surface area (TPSA) is 40.5 Å². The van der Waals surface area contributed by atoms with Crippen LogP contribution in [-0.4, -0.2) is 35.6 Å². The molecule has 114 valence electrons. The maximum atomic E-state index is 12.5. The van der Waals surface area contributed by atoms with E-state index in [-0.39, 0.29) is 18.6 Å². The molecule has 0 aromatic heterocycles. The fourth-order valence-corrected chi connectivity index (χ4v) is 2.31. The monoisotopic (exact) mass is 287 g/mol. The molecule has 0 saturated heterocycles. The molecule has 0 aliphatic heterocycles. The van der Waals surface area contributed by atoms with E-state index in [1.807, 2.05) is 37.1 Å². The van der Waals surface area contributed by atoms with E-state index in [4.69, 9.17) is 5.11 Å². The number of aryl methyl sites for hydroxylation is 1. The van der Waals surface area contributed by atoms with E-state index in [1.165, 1.54) is 0 Å². The van der Waals surface area contributed by atoms with Crippen molar-refractivity contribution in [1.29, 1.82) is 0 Å². The summed E-state index contributed by atoms with van der Waals surface area (Å²) in [7, 11) is 1.86. The first-order valence-electron chi connectivity index (χ1n) is 7.52. The summed E-state index contributed by atoms with van der Waals surface area (Å²) in [5.41, 5.74) is 2.57. The molecule has 0 saturated carbocycles. The molecule has 0 spiro atoms. The highest BCUT2D eigenvalue weighted by molar-refractivity contribution is 5.94. The minimum absolute atomic E-state index is 0.0360. The van der Waals surface area contributed by atoms with Crippen LogP contribution in [-0.2, 0) is 0 Å². The van der Waals surface area contributed by atoms with Crippen molar-refractivity contribution in [2.45, 2.75) is 46.1 Å². The first-order chi connectivity index (χ1) is 10.0. The second-order valence-electron chi connectivity index (χ2n) is 5.19. The predicted octanol–water partition coefficient (Wildman–Crippen LogP) is 2.99. The number of aliphatic hydroxyl groups excluding tert-OH is 1. The van der Waals surface area contributed by atoms with Crippen LogP contribution in [0.3, 0.4) is 0 Å². The maximum absolute atomic E-state index is 12.5. The third-order valence-electron chi connectivity index (χ3n) is 3.75. The van der Waals surface area contributed by atoms with Crippen molar-refractivity contribution in [2.24, 2.45) is 0 Å². The van der Waals surface area contributed by atoms with Crippen LogP contribution < -0.4 is 0 Å². The van der Waals surface area contributed by atoms with E-state index in [0.29, 0.717) is 12.0 Å². The predicted molar refractivity (Wildman–Crippen MR) is 86.2 cm³/mol. The summed E-state index contributed by atoms with van der Waals surface area (Å²) in [5, 5.41) is 8.78. The fourth-order valence-electron chi connectivity index (χ4n) is 2.31. The van der Waals surface area contributed by atoms with Crippen LogP contribution >= 0.6 is 0 Å². The van der Waals surface area contributed by atoms with Gasteiger partial charge in [0.05, 0.1) is 6.61 Å². The normalized spacial score (nSPS) is 10.2. The van der Waals surface area contributed by atoms with Gasteiger partial charge in [0.15, 0.2) is 0 Å². The first-order valence-corrected chi connectivity index (χ1v) is 7.52. The van der Waals surface area contributed by atoms with Crippen LogP contribution in [0.15, 0.2) is 18.2 Å². The smallest absolute Gasteiger partial charge is 0.253 e. The van der Waals surface area contributed by atoms with Crippen molar-refractivity contribution in [3.63, 3.8) is 0 Å². The second-order valence-corrected chi connectivity index (χ2v) is 5.19. The molecule has 1 amide bonds. The zero-order valence-electron chi connectivity index (χ0n) is 13.4. The fraction of sp³-hybridized carbons (Fsp3) is 0.500. The van der Waals surface area contributed by atoms with Gasteiger partial charge in [-0.1, -0.05) is 31.8 Å². The van der Waals surface area contributed by atoms with Crippen molar-refractivity contribution in [3.8, 4) is 11.8 Å². The van der Waals surface area contributed by atoms with Crippen LogP contribution in [0.1, 0.15) is 54.6 Å². The van der Waals surface area contributed by atoms with Gasteiger partial charge in [0.25, 0.3) is 5.91 Å². The standard InChI is InChI=1S/C18H25NO2/c1-5-17(6-2)19(4)18(21)16-11-10-14(3)15(13-16)9-7-8-12-20/h10-11,13,17,20H,5-6,8,12H2,1-4H3. The summed E-state index contributed by atoms with van der Waals surface area (Å²) < 4.78 is 0. The summed E-state index contributed by atoms with van der Waals surface area (Å²) in [6.45, 7) is 6.22. The number of carbonyl (C=O) groups is 1. The molecule has 0 unspecified atom stereocenters. The maximum Gasteiger partial charge on any atom is 0.253 e. The highest BCUT2D eigenvalue weighted by atomic mass is 16.2. The number of amides is 1. The van der Waals surface area contributed by atoms with Crippen molar-refractivity contribution in [3.05, 3.63) is 34.9 Å². The number of rotatable bonds is 5. The number of nitrogens with zero attached hydrogens (tertiary/aromatic N) is 1. The minimum atomic E-state index is 0.0360. The molecule has 3 heteroatoms. The Morgan fingerprint density at radius 3 is 2.57 bits per heavy atom. The molecule has 1 aromatic rings. The summed E-state index contributed by atoms with van der Waals surface area (Å²) in [5.74, 6) is 5.97. The molecule has 0 aliphatic rings. The van der Waals surface area contributed by atoms with E-state index in [2.05, 4.69) is 25.7 Å². The van der Waals surface area contributed by atoms with Gasteiger partial charge in [0.1, 0.15) is 0 Å². The van der Waals surface area contributed by atoms with Gasteiger partial charge in [-0.25, -0.2) is 0 Å². The number of benzene rings is 1. The number of aliphatic hydroxyl groups is 1. The van der Waals surface area contributed by atoms with Gasteiger partial charge in [-0.15, -0.1) is 0 Å². The molecule has 0 fully saturated rings. The Labute approximate surface area is 128 Å². The third kappa shape index (κ3) is 4.61. The lowest BCUT2D eigenvalue weighted by Gasteiger charge is -2.26.